The van der Waals surface area contributed by atoms with E-state index in [0.717, 1.165) is 18.3 Å². The lowest BCUT2D eigenvalue weighted by Crippen LogP contribution is -2.06. The van der Waals surface area contributed by atoms with Crippen molar-refractivity contribution in [1.29, 1.82) is 5.41 Å². The number of nitrogens with one attached hydrogen (secondary N) is 2. The summed E-state index contributed by atoms with van der Waals surface area (Å²) in [5.74, 6) is 0. The maximum absolute atomic E-state index is 12.9. The highest BCUT2D eigenvalue weighted by atomic mass is 19.4. The average molecular weight is 357 g/mol. The van der Waals surface area contributed by atoms with Crippen molar-refractivity contribution in [3.8, 4) is 11.1 Å². The molecule has 0 amide bonds. The minimum atomic E-state index is -4.41. The van der Waals surface area contributed by atoms with Crippen molar-refractivity contribution >= 4 is 11.9 Å². The van der Waals surface area contributed by atoms with Crippen LogP contribution in [0.15, 0.2) is 55.1 Å². The van der Waals surface area contributed by atoms with Gasteiger partial charge < -0.3 is 10.7 Å². The Bertz CT molecular complexity index is 910. The van der Waals surface area contributed by atoms with Crippen LogP contribution in [0.25, 0.3) is 11.1 Å². The Morgan fingerprint density at radius 2 is 1.88 bits per heavy atom. The summed E-state index contributed by atoms with van der Waals surface area (Å²) in [5.41, 5.74) is 1.79. The van der Waals surface area contributed by atoms with Crippen LogP contribution in [0.2, 0.25) is 0 Å². The van der Waals surface area contributed by atoms with Gasteiger partial charge in [0, 0.05) is 30.4 Å². The molecule has 0 unspecified atom stereocenters. The number of benzene rings is 1. The van der Waals surface area contributed by atoms with E-state index >= 15 is 0 Å². The first-order chi connectivity index (χ1) is 12.5. The van der Waals surface area contributed by atoms with Gasteiger partial charge in [-0.25, -0.2) is 0 Å². The average Bonchev–Trinajstić information content (AvgIpc) is 2.66. The van der Waals surface area contributed by atoms with Gasteiger partial charge in [-0.15, -0.1) is 0 Å². The zero-order valence-corrected chi connectivity index (χ0v) is 13.5. The van der Waals surface area contributed by atoms with E-state index in [0.29, 0.717) is 34.7 Å². The topological polar surface area (TPSA) is 74.6 Å². The third-order valence-corrected chi connectivity index (χ3v) is 3.66. The molecule has 0 bridgehead atoms. The van der Waals surface area contributed by atoms with E-state index in [9.17, 15) is 13.2 Å². The molecule has 0 atom stereocenters. The molecule has 0 saturated heterocycles. The zero-order valence-electron chi connectivity index (χ0n) is 13.5. The first kappa shape index (κ1) is 17.5. The monoisotopic (exact) mass is 357 g/mol. The van der Waals surface area contributed by atoms with Gasteiger partial charge in [-0.2, -0.15) is 13.2 Å². The molecule has 2 heterocycles. The zero-order chi connectivity index (χ0) is 18.6. The van der Waals surface area contributed by atoms with Gasteiger partial charge in [0.2, 0.25) is 0 Å². The highest BCUT2D eigenvalue weighted by Crippen LogP contribution is 2.32. The number of rotatable bonds is 5. The minimum Gasteiger partial charge on any atom is -0.378 e. The Morgan fingerprint density at radius 3 is 2.58 bits per heavy atom. The third kappa shape index (κ3) is 4.02. The molecule has 2 N–H and O–H groups in total. The number of hydrogen-bond donors (Lipinski definition) is 2. The Kier molecular flexibility index (Phi) is 4.92. The van der Waals surface area contributed by atoms with E-state index in [1.165, 1.54) is 12.3 Å². The molecule has 0 radical (unpaired) electrons. The molecule has 26 heavy (non-hydrogen) atoms. The molecule has 3 aromatic rings. The van der Waals surface area contributed by atoms with Gasteiger partial charge in [-0.1, -0.05) is 12.1 Å². The predicted octanol–water partition coefficient (Wildman–Crippen LogP) is 4.17. The highest BCUT2D eigenvalue weighted by Gasteiger charge is 2.30. The predicted molar refractivity (Wildman–Crippen MR) is 91.9 cm³/mol. The van der Waals surface area contributed by atoms with Crippen LogP contribution in [0.1, 0.15) is 17.0 Å². The quantitative estimate of drug-likeness (QED) is 0.672. The molecule has 0 aliphatic carbocycles. The second kappa shape index (κ2) is 7.30. The highest BCUT2D eigenvalue weighted by molar-refractivity contribution is 5.85. The molecule has 0 spiro atoms. The Balaban J connectivity index is 1.91. The molecular formula is C18H14F3N5. The van der Waals surface area contributed by atoms with E-state index in [2.05, 4.69) is 20.3 Å². The third-order valence-electron chi connectivity index (χ3n) is 3.66. The molecule has 5 nitrogen and oxygen atoms in total. The summed E-state index contributed by atoms with van der Waals surface area (Å²) in [7, 11) is 0. The lowest BCUT2D eigenvalue weighted by Gasteiger charge is -2.12. The second-order valence-electron chi connectivity index (χ2n) is 5.43. The Labute approximate surface area is 147 Å². The minimum absolute atomic E-state index is 0.350. The first-order valence-corrected chi connectivity index (χ1v) is 7.64. The summed E-state index contributed by atoms with van der Waals surface area (Å²) >= 11 is 0. The summed E-state index contributed by atoms with van der Waals surface area (Å²) in [5, 5.41) is 10.6. The fourth-order valence-corrected chi connectivity index (χ4v) is 2.37. The summed E-state index contributed by atoms with van der Waals surface area (Å²) < 4.78 is 38.8. The summed E-state index contributed by atoms with van der Waals surface area (Å²) in [6.07, 6.45) is 2.83. The van der Waals surface area contributed by atoms with Crippen molar-refractivity contribution in [1.82, 2.24) is 15.0 Å². The van der Waals surface area contributed by atoms with E-state index in [-0.39, 0.29) is 0 Å². The normalized spacial score (nSPS) is 11.2. The fraction of sp³-hybridized carbons (Fsp3) is 0.111. The molecule has 132 valence electrons. The molecular weight excluding hydrogens is 343 g/mol. The van der Waals surface area contributed by atoms with Crippen molar-refractivity contribution in [3.63, 3.8) is 0 Å². The SMILES string of the molecule is N=Cc1ncc(-c2cccc(C(F)(F)F)c2)cc1NCc1cnccn1. The molecule has 0 aliphatic heterocycles. The van der Waals surface area contributed by atoms with Crippen LogP contribution < -0.4 is 5.32 Å². The van der Waals surface area contributed by atoms with Crippen LogP contribution in [0.5, 0.6) is 0 Å². The van der Waals surface area contributed by atoms with Crippen LogP contribution in [-0.2, 0) is 12.7 Å². The first-order valence-electron chi connectivity index (χ1n) is 7.64. The summed E-state index contributed by atoms with van der Waals surface area (Å²) in [6.45, 7) is 0.350. The second-order valence-corrected chi connectivity index (χ2v) is 5.43. The molecule has 3 rings (SSSR count). The van der Waals surface area contributed by atoms with Crippen LogP contribution in [-0.4, -0.2) is 21.2 Å². The number of halogens is 3. The van der Waals surface area contributed by atoms with Crippen LogP contribution in [0.3, 0.4) is 0 Å². The maximum Gasteiger partial charge on any atom is 0.416 e. The van der Waals surface area contributed by atoms with Crippen LogP contribution >= 0.6 is 0 Å². The van der Waals surface area contributed by atoms with Crippen molar-refractivity contribution in [2.75, 3.05) is 5.32 Å². The Hall–Kier alpha value is -3.29. The van der Waals surface area contributed by atoms with Crippen molar-refractivity contribution in [2.24, 2.45) is 0 Å². The largest absolute Gasteiger partial charge is 0.416 e. The summed E-state index contributed by atoms with van der Waals surface area (Å²) in [4.78, 5) is 12.3. The van der Waals surface area contributed by atoms with Crippen LogP contribution in [0, 0.1) is 5.41 Å². The number of alkyl halides is 3. The molecule has 1 aromatic carbocycles. The van der Waals surface area contributed by atoms with E-state index in [1.54, 1.807) is 30.7 Å². The lowest BCUT2D eigenvalue weighted by molar-refractivity contribution is -0.137. The number of nitrogens with zero attached hydrogens (tertiary/aromatic N) is 3. The van der Waals surface area contributed by atoms with Gasteiger partial charge in [0.15, 0.2) is 0 Å². The van der Waals surface area contributed by atoms with Gasteiger partial charge >= 0.3 is 6.18 Å². The van der Waals surface area contributed by atoms with Crippen LogP contribution in [0.4, 0.5) is 18.9 Å². The van der Waals surface area contributed by atoms with Crippen molar-refractivity contribution < 1.29 is 13.2 Å². The van der Waals surface area contributed by atoms with Gasteiger partial charge in [-0.05, 0) is 23.8 Å². The lowest BCUT2D eigenvalue weighted by atomic mass is 10.0. The number of hydrogen-bond acceptors (Lipinski definition) is 5. The molecule has 0 saturated carbocycles. The smallest absolute Gasteiger partial charge is 0.378 e. The van der Waals surface area contributed by atoms with E-state index in [4.69, 9.17) is 5.41 Å². The Morgan fingerprint density at radius 1 is 1.04 bits per heavy atom. The van der Waals surface area contributed by atoms with Gasteiger partial charge in [0.1, 0.15) is 5.69 Å². The van der Waals surface area contributed by atoms with Gasteiger partial charge in [-0.3, -0.25) is 15.0 Å². The van der Waals surface area contributed by atoms with Crippen molar-refractivity contribution in [2.45, 2.75) is 12.7 Å². The molecule has 0 fully saturated rings. The standard InChI is InChI=1S/C18H14F3N5/c19-18(20,21)14-3-1-2-12(6-14)13-7-16(17(8-22)25-9-13)26-11-15-10-23-4-5-24-15/h1-10,22,26H,11H2. The van der Waals surface area contributed by atoms with E-state index in [1.807, 2.05) is 0 Å². The molecule has 8 heteroatoms. The van der Waals surface area contributed by atoms with E-state index < -0.39 is 11.7 Å². The number of aromatic nitrogens is 3. The molecule has 0 aliphatic rings. The van der Waals surface area contributed by atoms with Gasteiger partial charge in [0.25, 0.3) is 0 Å². The number of pyridine rings is 1. The molecule has 2 aromatic heterocycles. The van der Waals surface area contributed by atoms with Gasteiger partial charge in [0.05, 0.1) is 29.7 Å². The number of anilines is 1. The summed E-state index contributed by atoms with van der Waals surface area (Å²) in [6, 6.07) is 6.71. The fourth-order valence-electron chi connectivity index (χ4n) is 2.37. The maximum atomic E-state index is 12.9. The van der Waals surface area contributed by atoms with Crippen molar-refractivity contribution in [3.05, 3.63) is 72.1 Å².